The molecule has 0 saturated carbocycles. The van der Waals surface area contributed by atoms with Gasteiger partial charge in [0.15, 0.2) is 11.5 Å². The van der Waals surface area contributed by atoms with Gasteiger partial charge in [-0.1, -0.05) is 24.3 Å². The van der Waals surface area contributed by atoms with Crippen molar-refractivity contribution in [3.8, 4) is 11.5 Å². The van der Waals surface area contributed by atoms with Crippen LogP contribution in [0.15, 0.2) is 64.6 Å². The fourth-order valence-corrected chi connectivity index (χ4v) is 4.50. The Hall–Kier alpha value is -4.51. The molecule has 3 aromatic rings. The number of anilines is 1. The van der Waals surface area contributed by atoms with Gasteiger partial charge in [-0.05, 0) is 83.2 Å². The van der Waals surface area contributed by atoms with Crippen molar-refractivity contribution in [3.05, 3.63) is 97.0 Å². The minimum absolute atomic E-state index is 0.0450. The summed E-state index contributed by atoms with van der Waals surface area (Å²) in [5.74, 6) is -0.980. The van der Waals surface area contributed by atoms with Crippen LogP contribution in [0.4, 0.5) is 16.2 Å². The molecule has 11 heteroatoms. The molecule has 1 aliphatic rings. The van der Waals surface area contributed by atoms with Crippen LogP contribution in [0.3, 0.4) is 0 Å². The molecule has 1 aliphatic heterocycles. The van der Waals surface area contributed by atoms with Gasteiger partial charge in [-0.15, -0.1) is 0 Å². The molecular formula is C28H24BrN3O7. The maximum Gasteiger partial charge on any atom is 0.335 e. The number of barbiturate groups is 1. The highest BCUT2D eigenvalue weighted by Crippen LogP contribution is 2.38. The fraction of sp³-hybridized carbons (Fsp3) is 0.179. The molecule has 0 radical (unpaired) electrons. The number of urea groups is 1. The molecule has 4 amide bonds. The number of rotatable bonds is 8. The number of amides is 4. The normalized spacial score (nSPS) is 14.4. The first-order chi connectivity index (χ1) is 18.6. The van der Waals surface area contributed by atoms with Gasteiger partial charge in [0.1, 0.15) is 12.2 Å². The Morgan fingerprint density at radius 2 is 1.79 bits per heavy atom. The van der Waals surface area contributed by atoms with E-state index in [9.17, 15) is 24.5 Å². The van der Waals surface area contributed by atoms with Gasteiger partial charge < -0.3 is 9.47 Å². The summed E-state index contributed by atoms with van der Waals surface area (Å²) in [4.78, 5) is 49.6. The third kappa shape index (κ3) is 5.99. The van der Waals surface area contributed by atoms with Crippen molar-refractivity contribution >= 4 is 51.2 Å². The van der Waals surface area contributed by atoms with E-state index in [2.05, 4.69) is 21.2 Å². The number of benzene rings is 3. The molecule has 0 bridgehead atoms. The average molecular weight is 594 g/mol. The molecule has 200 valence electrons. The first-order valence-corrected chi connectivity index (χ1v) is 12.7. The lowest BCUT2D eigenvalue weighted by Gasteiger charge is -2.26. The molecule has 4 rings (SSSR count). The molecule has 3 aromatic carbocycles. The van der Waals surface area contributed by atoms with Crippen LogP contribution in [-0.2, 0) is 16.2 Å². The largest absolute Gasteiger partial charge is 0.490 e. The average Bonchev–Trinajstić information content (AvgIpc) is 2.88. The highest BCUT2D eigenvalue weighted by Gasteiger charge is 2.37. The number of hydrogen-bond acceptors (Lipinski definition) is 7. The van der Waals surface area contributed by atoms with Crippen LogP contribution < -0.4 is 19.7 Å². The first-order valence-electron chi connectivity index (χ1n) is 11.9. The number of non-ortho nitro benzene ring substituents is 1. The molecule has 0 aliphatic carbocycles. The summed E-state index contributed by atoms with van der Waals surface area (Å²) in [6, 6.07) is 13.3. The molecule has 1 fully saturated rings. The fourth-order valence-electron chi connectivity index (χ4n) is 3.93. The van der Waals surface area contributed by atoms with E-state index in [0.29, 0.717) is 39.6 Å². The molecule has 1 saturated heterocycles. The van der Waals surface area contributed by atoms with Crippen LogP contribution in [0.2, 0.25) is 0 Å². The van der Waals surface area contributed by atoms with E-state index >= 15 is 0 Å². The quantitative estimate of drug-likeness (QED) is 0.155. The van der Waals surface area contributed by atoms with E-state index in [4.69, 9.17) is 9.47 Å². The Labute approximate surface area is 232 Å². The van der Waals surface area contributed by atoms with E-state index in [1.165, 1.54) is 29.8 Å². The predicted octanol–water partition coefficient (Wildman–Crippen LogP) is 5.62. The van der Waals surface area contributed by atoms with Crippen molar-refractivity contribution < 1.29 is 28.8 Å². The molecule has 0 aromatic heterocycles. The smallest absolute Gasteiger partial charge is 0.335 e. The van der Waals surface area contributed by atoms with Crippen LogP contribution in [0.1, 0.15) is 29.2 Å². The standard InChI is InChI=1S/C28H24BrN3O7/c1-4-38-24-13-19(12-23(29)25(24)39-15-18-9-8-16(2)17(3)10-18)11-22-26(33)30-28(35)31(27(22)34)20-6-5-7-21(14-20)32(36)37/h5-14H,4,15H2,1-3H3,(H,30,33,35)/b22-11+. The summed E-state index contributed by atoms with van der Waals surface area (Å²) in [5.41, 5.74) is 3.05. The van der Waals surface area contributed by atoms with Gasteiger partial charge in [0, 0.05) is 12.1 Å². The Morgan fingerprint density at radius 1 is 1.03 bits per heavy atom. The van der Waals surface area contributed by atoms with Crippen LogP contribution >= 0.6 is 15.9 Å². The number of halogens is 1. The zero-order valence-corrected chi connectivity index (χ0v) is 22.9. The summed E-state index contributed by atoms with van der Waals surface area (Å²) in [7, 11) is 0. The predicted molar refractivity (Wildman–Crippen MR) is 148 cm³/mol. The maximum absolute atomic E-state index is 13.2. The van der Waals surface area contributed by atoms with Gasteiger partial charge in [-0.3, -0.25) is 25.0 Å². The first kappa shape index (κ1) is 27.5. The van der Waals surface area contributed by atoms with E-state index in [1.54, 1.807) is 12.1 Å². The number of nitrogens with one attached hydrogen (secondary N) is 1. The number of carbonyl (C=O) groups excluding carboxylic acids is 3. The molecule has 0 unspecified atom stereocenters. The zero-order chi connectivity index (χ0) is 28.3. The number of imide groups is 2. The van der Waals surface area contributed by atoms with Crippen LogP contribution in [-0.4, -0.2) is 29.4 Å². The summed E-state index contributed by atoms with van der Waals surface area (Å²) in [6.45, 7) is 6.50. The van der Waals surface area contributed by atoms with Crippen LogP contribution in [0.25, 0.3) is 6.08 Å². The monoisotopic (exact) mass is 593 g/mol. The van der Waals surface area contributed by atoms with E-state index in [0.717, 1.165) is 17.2 Å². The summed E-state index contributed by atoms with van der Waals surface area (Å²) >= 11 is 3.49. The van der Waals surface area contributed by atoms with Gasteiger partial charge in [0.2, 0.25) is 0 Å². The molecule has 0 atom stereocenters. The summed E-state index contributed by atoms with van der Waals surface area (Å²) in [5, 5.41) is 13.3. The number of nitro benzene ring substituents is 1. The Morgan fingerprint density at radius 3 is 2.49 bits per heavy atom. The van der Waals surface area contributed by atoms with E-state index < -0.39 is 22.8 Å². The highest BCUT2D eigenvalue weighted by molar-refractivity contribution is 9.10. The highest BCUT2D eigenvalue weighted by atomic mass is 79.9. The number of nitro groups is 1. The lowest BCUT2D eigenvalue weighted by Crippen LogP contribution is -2.54. The third-order valence-corrected chi connectivity index (χ3v) is 6.59. The second-order valence-corrected chi connectivity index (χ2v) is 9.56. The number of aryl methyl sites for hydroxylation is 2. The Bertz CT molecular complexity index is 1530. The minimum Gasteiger partial charge on any atom is -0.490 e. The van der Waals surface area contributed by atoms with Gasteiger partial charge in [0.05, 0.1) is 21.7 Å². The van der Waals surface area contributed by atoms with Crippen LogP contribution in [0.5, 0.6) is 11.5 Å². The van der Waals surface area contributed by atoms with Crippen molar-refractivity contribution in [1.29, 1.82) is 0 Å². The van der Waals surface area contributed by atoms with E-state index in [-0.39, 0.29) is 16.9 Å². The number of nitrogens with zero attached hydrogens (tertiary/aromatic N) is 2. The number of carbonyl (C=O) groups is 3. The van der Waals surface area contributed by atoms with Crippen molar-refractivity contribution in [2.75, 3.05) is 11.5 Å². The molecular weight excluding hydrogens is 570 g/mol. The van der Waals surface area contributed by atoms with Gasteiger partial charge >= 0.3 is 6.03 Å². The molecule has 1 N–H and O–H groups in total. The maximum atomic E-state index is 13.2. The second-order valence-electron chi connectivity index (χ2n) is 8.71. The van der Waals surface area contributed by atoms with Crippen molar-refractivity contribution in [1.82, 2.24) is 5.32 Å². The zero-order valence-electron chi connectivity index (χ0n) is 21.3. The third-order valence-electron chi connectivity index (χ3n) is 6.00. The van der Waals surface area contributed by atoms with Gasteiger partial charge in [-0.2, -0.15) is 0 Å². The number of ether oxygens (including phenoxy) is 2. The summed E-state index contributed by atoms with van der Waals surface area (Å²) < 4.78 is 12.4. The van der Waals surface area contributed by atoms with Gasteiger partial charge in [-0.25, -0.2) is 9.69 Å². The van der Waals surface area contributed by atoms with Crippen molar-refractivity contribution in [2.24, 2.45) is 0 Å². The van der Waals surface area contributed by atoms with Crippen molar-refractivity contribution in [3.63, 3.8) is 0 Å². The lowest BCUT2D eigenvalue weighted by atomic mass is 10.1. The molecule has 39 heavy (non-hydrogen) atoms. The van der Waals surface area contributed by atoms with E-state index in [1.807, 2.05) is 39.0 Å². The topological polar surface area (TPSA) is 128 Å². The Balaban J connectivity index is 1.66. The number of hydrogen-bond donors (Lipinski definition) is 1. The van der Waals surface area contributed by atoms with Gasteiger partial charge in [0.25, 0.3) is 17.5 Å². The lowest BCUT2D eigenvalue weighted by molar-refractivity contribution is -0.384. The van der Waals surface area contributed by atoms with Crippen molar-refractivity contribution in [2.45, 2.75) is 27.4 Å². The second kappa shape index (κ2) is 11.5. The molecule has 1 heterocycles. The molecule has 10 nitrogen and oxygen atoms in total. The summed E-state index contributed by atoms with van der Waals surface area (Å²) in [6.07, 6.45) is 1.31. The minimum atomic E-state index is -1.01. The SMILES string of the molecule is CCOc1cc(/C=C2\C(=O)NC(=O)N(c3cccc([N+](=O)[O-])c3)C2=O)cc(Br)c1OCc1ccc(C)c(C)c1. The molecule has 0 spiro atoms. The Kier molecular flexibility index (Phi) is 8.10. The van der Waals surface area contributed by atoms with Crippen LogP contribution in [0, 0.1) is 24.0 Å².